The van der Waals surface area contributed by atoms with Gasteiger partial charge in [0.1, 0.15) is 25.5 Å². The lowest BCUT2D eigenvalue weighted by atomic mass is 10.0. The average Bonchev–Trinajstić information content (AvgIpc) is 2.83. The molecule has 2 aromatic carbocycles. The second-order valence-electron chi connectivity index (χ2n) is 10.2. The van der Waals surface area contributed by atoms with E-state index in [2.05, 4.69) is 57.4 Å². The molecule has 4 nitrogen and oxygen atoms in total. The van der Waals surface area contributed by atoms with Gasteiger partial charge < -0.3 is 14.0 Å². The van der Waals surface area contributed by atoms with Crippen molar-refractivity contribution in [3.8, 4) is 5.75 Å². The van der Waals surface area contributed by atoms with Gasteiger partial charge in [-0.2, -0.15) is 0 Å². The van der Waals surface area contributed by atoms with Crippen LogP contribution in [0.25, 0.3) is 0 Å². The monoisotopic (exact) mass is 468 g/mol. The second-order valence-corrected chi connectivity index (χ2v) is 10.2. The van der Waals surface area contributed by atoms with Crippen molar-refractivity contribution in [1.29, 1.82) is 0 Å². The van der Waals surface area contributed by atoms with E-state index >= 15 is 0 Å². The van der Waals surface area contributed by atoms with Gasteiger partial charge in [0.2, 0.25) is 0 Å². The fraction of sp³-hybridized carbons (Fsp3) is 0.567. The van der Waals surface area contributed by atoms with Gasteiger partial charge in [-0.05, 0) is 30.5 Å². The van der Waals surface area contributed by atoms with Gasteiger partial charge in [0.25, 0.3) is 0 Å². The molecule has 0 aliphatic heterocycles. The molecule has 2 aromatic rings. The Morgan fingerprint density at radius 2 is 1.59 bits per heavy atom. The molecular formula is C30H46NO3+. The van der Waals surface area contributed by atoms with Crippen LogP contribution >= 0.6 is 0 Å². The highest BCUT2D eigenvalue weighted by Gasteiger charge is 2.21. The Hall–Kier alpha value is -2.33. The predicted molar refractivity (Wildman–Crippen MR) is 141 cm³/mol. The number of esters is 1. The molecule has 2 rings (SSSR count). The van der Waals surface area contributed by atoms with E-state index < -0.39 is 0 Å². The van der Waals surface area contributed by atoms with E-state index in [0.29, 0.717) is 6.61 Å². The summed E-state index contributed by atoms with van der Waals surface area (Å²) in [5.41, 5.74) is 2.63. The summed E-state index contributed by atoms with van der Waals surface area (Å²) in [6, 6.07) is 18.8. The van der Waals surface area contributed by atoms with Crippen molar-refractivity contribution in [2.45, 2.75) is 71.8 Å². The Morgan fingerprint density at radius 1 is 0.882 bits per heavy atom. The molecule has 0 heterocycles. The highest BCUT2D eigenvalue weighted by molar-refractivity contribution is 5.71. The maximum absolute atomic E-state index is 12.4. The average molecular weight is 469 g/mol. The number of hydrogen-bond acceptors (Lipinski definition) is 3. The molecule has 0 spiro atoms. The third-order valence-electron chi connectivity index (χ3n) is 6.34. The second kappa shape index (κ2) is 15.5. The number of carbonyl (C=O) groups excluding carboxylic acids is 1. The van der Waals surface area contributed by atoms with Crippen molar-refractivity contribution >= 4 is 5.97 Å². The van der Waals surface area contributed by atoms with Gasteiger partial charge >= 0.3 is 5.97 Å². The van der Waals surface area contributed by atoms with Gasteiger partial charge in [0.05, 0.1) is 26.6 Å². The van der Waals surface area contributed by atoms with Crippen molar-refractivity contribution in [3.63, 3.8) is 0 Å². The standard InChI is InChI=1S/C30H46NO3/c1-5-6-7-8-9-11-15-27-18-14-19-29(24-27)33-22-23-34-30(32)26(2)20-21-31(3,4)25-28-16-12-10-13-17-28/h10,12-14,16-19,24,26H,5-9,11,15,20-23,25H2,1-4H3/q+1. The first-order valence-corrected chi connectivity index (χ1v) is 13.1. The van der Waals surface area contributed by atoms with Gasteiger partial charge in [-0.15, -0.1) is 0 Å². The highest BCUT2D eigenvalue weighted by atomic mass is 16.6. The number of aryl methyl sites for hydroxylation is 1. The van der Waals surface area contributed by atoms with Gasteiger partial charge in [-0.1, -0.05) is 88.4 Å². The van der Waals surface area contributed by atoms with Crippen molar-refractivity contribution in [3.05, 3.63) is 65.7 Å². The molecule has 0 fully saturated rings. The Morgan fingerprint density at radius 3 is 2.35 bits per heavy atom. The van der Waals surface area contributed by atoms with E-state index in [1.165, 1.54) is 49.7 Å². The van der Waals surface area contributed by atoms with E-state index in [0.717, 1.165) is 36.2 Å². The Balaban J connectivity index is 1.62. The molecule has 0 saturated heterocycles. The molecule has 188 valence electrons. The normalized spacial score (nSPS) is 12.4. The minimum Gasteiger partial charge on any atom is -0.490 e. The zero-order valence-corrected chi connectivity index (χ0v) is 21.9. The van der Waals surface area contributed by atoms with Crippen LogP contribution in [-0.2, 0) is 22.5 Å². The Bertz CT molecular complexity index is 819. The number of benzene rings is 2. The zero-order valence-electron chi connectivity index (χ0n) is 21.9. The predicted octanol–water partition coefficient (Wildman–Crippen LogP) is 6.81. The summed E-state index contributed by atoms with van der Waals surface area (Å²) in [6.07, 6.45) is 9.73. The van der Waals surface area contributed by atoms with Crippen LogP contribution in [0.1, 0.15) is 69.9 Å². The molecule has 1 unspecified atom stereocenters. The molecule has 0 N–H and O–H groups in total. The number of carbonyl (C=O) groups is 1. The molecule has 0 aromatic heterocycles. The van der Waals surface area contributed by atoms with Crippen LogP contribution in [0.4, 0.5) is 0 Å². The van der Waals surface area contributed by atoms with Crippen molar-refractivity contribution in [1.82, 2.24) is 0 Å². The molecule has 0 radical (unpaired) electrons. The third kappa shape index (κ3) is 11.7. The highest BCUT2D eigenvalue weighted by Crippen LogP contribution is 2.17. The van der Waals surface area contributed by atoms with E-state index in [4.69, 9.17) is 9.47 Å². The summed E-state index contributed by atoms with van der Waals surface area (Å²) in [5.74, 6) is 0.599. The lowest BCUT2D eigenvalue weighted by molar-refractivity contribution is -0.904. The topological polar surface area (TPSA) is 35.5 Å². The summed E-state index contributed by atoms with van der Waals surface area (Å²) >= 11 is 0. The molecule has 4 heteroatoms. The van der Waals surface area contributed by atoms with E-state index in [9.17, 15) is 4.79 Å². The van der Waals surface area contributed by atoms with Crippen LogP contribution in [0.2, 0.25) is 0 Å². The minimum absolute atomic E-state index is 0.117. The number of rotatable bonds is 17. The van der Waals surface area contributed by atoms with E-state index in [-0.39, 0.29) is 18.5 Å². The number of unbranched alkanes of at least 4 members (excludes halogenated alkanes) is 5. The first-order chi connectivity index (χ1) is 16.4. The third-order valence-corrected chi connectivity index (χ3v) is 6.34. The van der Waals surface area contributed by atoms with Crippen LogP contribution in [0.3, 0.4) is 0 Å². The maximum atomic E-state index is 12.4. The smallest absolute Gasteiger partial charge is 0.308 e. The summed E-state index contributed by atoms with van der Waals surface area (Å²) < 4.78 is 12.2. The molecule has 0 saturated carbocycles. The maximum Gasteiger partial charge on any atom is 0.308 e. The first kappa shape index (κ1) is 27.9. The molecule has 1 atom stereocenters. The zero-order chi connectivity index (χ0) is 24.7. The number of nitrogens with zero attached hydrogens (tertiary/aromatic N) is 1. The molecule has 0 aliphatic carbocycles. The molecular weight excluding hydrogens is 422 g/mol. The van der Waals surface area contributed by atoms with Crippen LogP contribution in [0.5, 0.6) is 5.75 Å². The lowest BCUT2D eigenvalue weighted by Crippen LogP contribution is -2.40. The number of quaternary nitrogens is 1. The molecule has 0 aliphatic rings. The SMILES string of the molecule is CCCCCCCCc1cccc(OCCOC(=O)C(C)CC[N+](C)(C)Cc2ccccc2)c1. The largest absolute Gasteiger partial charge is 0.490 e. The lowest BCUT2D eigenvalue weighted by Gasteiger charge is -2.30. The van der Waals surface area contributed by atoms with Crippen LogP contribution in [0.15, 0.2) is 54.6 Å². The van der Waals surface area contributed by atoms with Crippen LogP contribution in [-0.4, -0.2) is 44.3 Å². The van der Waals surface area contributed by atoms with Crippen molar-refractivity contribution in [2.24, 2.45) is 5.92 Å². The van der Waals surface area contributed by atoms with Gasteiger partial charge in [0, 0.05) is 12.0 Å². The van der Waals surface area contributed by atoms with Crippen molar-refractivity contribution in [2.75, 3.05) is 33.9 Å². The Kier molecular flexibility index (Phi) is 12.8. The summed E-state index contributed by atoms with van der Waals surface area (Å²) in [6.45, 7) is 6.75. The molecule has 0 amide bonds. The number of ether oxygens (including phenoxy) is 2. The summed E-state index contributed by atoms with van der Waals surface area (Å²) in [4.78, 5) is 12.4. The van der Waals surface area contributed by atoms with E-state index in [1.54, 1.807) is 0 Å². The van der Waals surface area contributed by atoms with Gasteiger partial charge in [-0.25, -0.2) is 0 Å². The first-order valence-electron chi connectivity index (χ1n) is 13.1. The Labute approximate surface area is 207 Å². The van der Waals surface area contributed by atoms with Gasteiger partial charge in [0.15, 0.2) is 0 Å². The van der Waals surface area contributed by atoms with Crippen LogP contribution in [0, 0.1) is 5.92 Å². The fourth-order valence-electron chi connectivity index (χ4n) is 4.16. The minimum atomic E-state index is -0.139. The fourth-order valence-corrected chi connectivity index (χ4v) is 4.16. The summed E-state index contributed by atoms with van der Waals surface area (Å²) in [7, 11) is 4.42. The number of hydrogen-bond donors (Lipinski definition) is 0. The molecule has 34 heavy (non-hydrogen) atoms. The van der Waals surface area contributed by atoms with E-state index in [1.807, 2.05) is 25.1 Å². The van der Waals surface area contributed by atoms with Crippen LogP contribution < -0.4 is 4.74 Å². The molecule has 0 bridgehead atoms. The van der Waals surface area contributed by atoms with Crippen molar-refractivity contribution < 1.29 is 18.8 Å². The quantitative estimate of drug-likeness (QED) is 0.145. The van der Waals surface area contributed by atoms with Gasteiger partial charge in [-0.3, -0.25) is 4.79 Å². The summed E-state index contributed by atoms with van der Waals surface area (Å²) in [5, 5.41) is 0.